The van der Waals surface area contributed by atoms with E-state index in [4.69, 9.17) is 14.2 Å². The third-order valence-corrected chi connectivity index (χ3v) is 10.6. The molecule has 1 radical (unpaired) electrons. The molecule has 0 fully saturated rings. The molecule has 2 aromatic rings. The molecule has 0 aromatic heterocycles. The first-order valence-corrected chi connectivity index (χ1v) is 18.7. The Morgan fingerprint density at radius 3 is 2.26 bits per heavy atom. The molecule has 3 atom stereocenters. The van der Waals surface area contributed by atoms with Gasteiger partial charge in [-0.05, 0) is 96.7 Å². The minimum Gasteiger partial charge on any atom is -0.658 e. The van der Waals surface area contributed by atoms with Gasteiger partial charge < -0.3 is 44.0 Å². The summed E-state index contributed by atoms with van der Waals surface area (Å²) in [5, 5.41) is 15.1. The van der Waals surface area contributed by atoms with Crippen molar-refractivity contribution >= 4 is 47.6 Å². The van der Waals surface area contributed by atoms with Gasteiger partial charge in [0.25, 0.3) is 11.8 Å². The molecule has 0 saturated heterocycles. The molecule has 283 valence electrons. The number of hydrogen-bond acceptors (Lipinski definition) is 10. The van der Waals surface area contributed by atoms with Crippen LogP contribution in [0.1, 0.15) is 86.1 Å². The van der Waals surface area contributed by atoms with Crippen LogP contribution in [0.15, 0.2) is 52.8 Å². The Morgan fingerprint density at radius 1 is 0.925 bits per heavy atom. The number of aliphatic imine (C=N–C) groups is 1. The van der Waals surface area contributed by atoms with Crippen molar-refractivity contribution in [2.45, 2.75) is 89.8 Å². The summed E-state index contributed by atoms with van der Waals surface area (Å²) in [5.74, 6) is 1.48. The molecule has 53 heavy (non-hydrogen) atoms. The number of ether oxygens (including phenoxy) is 4. The summed E-state index contributed by atoms with van der Waals surface area (Å²) >= 11 is 1.66. The summed E-state index contributed by atoms with van der Waals surface area (Å²) in [5.41, 5.74) is 5.07. The Balaban J connectivity index is 0.000000558. The maximum atomic E-state index is 13.2. The number of hydrogen-bond donors (Lipinski definition) is 1. The number of amides is 2. The predicted octanol–water partition coefficient (Wildman–Crippen LogP) is 7.13. The third kappa shape index (κ3) is 10.2. The molecule has 4 aliphatic rings. The number of aliphatic hydroxyl groups is 1. The van der Waals surface area contributed by atoms with E-state index in [1.54, 1.807) is 52.9 Å². The van der Waals surface area contributed by atoms with Gasteiger partial charge in [0.2, 0.25) is 0 Å². The van der Waals surface area contributed by atoms with Gasteiger partial charge in [-0.15, -0.1) is 5.69 Å². The molecule has 0 bridgehead atoms. The average molecular weight is 822 g/mol. The fourth-order valence-corrected chi connectivity index (χ4v) is 6.49. The Labute approximate surface area is 341 Å². The van der Waals surface area contributed by atoms with Gasteiger partial charge in [-0.25, -0.2) is 0 Å². The van der Waals surface area contributed by atoms with Crippen molar-refractivity contribution < 1.29 is 71.1 Å². The number of nitrogens with zero attached hydrogens (tertiary/aromatic N) is 4. The van der Waals surface area contributed by atoms with E-state index < -0.39 is 6.23 Å². The Morgan fingerprint density at radius 2 is 1.58 bits per heavy atom. The van der Waals surface area contributed by atoms with Gasteiger partial charge in [-0.3, -0.25) is 14.6 Å². The van der Waals surface area contributed by atoms with E-state index in [0.717, 1.165) is 42.4 Å². The molecule has 1 N–H and O–H groups in total. The first kappa shape index (κ1) is 42.4. The number of thioether (sulfide) groups is 1. The number of unbranched alkanes of at least 4 members (excludes halogenated alkanes) is 2. The number of fused-ring (bicyclic) bond motifs is 4. The van der Waals surface area contributed by atoms with Crippen molar-refractivity contribution in [2.75, 3.05) is 33.2 Å². The smallest absolute Gasteiger partial charge is 0.260 e. The van der Waals surface area contributed by atoms with E-state index >= 15 is 0 Å². The molecule has 1 unspecified atom stereocenters. The number of rotatable bonds is 13. The maximum absolute atomic E-state index is 13.2. The van der Waals surface area contributed by atoms with E-state index in [1.807, 2.05) is 59.5 Å². The van der Waals surface area contributed by atoms with Crippen LogP contribution in [0.3, 0.4) is 0 Å². The van der Waals surface area contributed by atoms with Gasteiger partial charge in [0.15, 0.2) is 11.5 Å². The normalized spacial score (nSPS) is 19.7. The molecule has 14 heteroatoms. The largest absolute Gasteiger partial charge is 0.658 e. The zero-order valence-corrected chi connectivity index (χ0v) is 35.2. The SMILES string of the molecule is COc1cc2c(cc1OCCCCCOc1cc3c(cc1C)C(=O)N1C=C(C)C[C@H]1C(O)[N-]3)N=C[C@@H]1CC(C)=CN1C2=O.CSC(C)(C)CO[C-]=O.[Y]. The van der Waals surface area contributed by atoms with E-state index in [0.29, 0.717) is 66.0 Å². The fraction of sp³-hybridized carbons (Fsp3) is 0.487. The van der Waals surface area contributed by atoms with E-state index in [-0.39, 0.29) is 61.4 Å². The molecule has 6 rings (SSSR count). The van der Waals surface area contributed by atoms with Crippen LogP contribution in [-0.2, 0) is 42.2 Å². The van der Waals surface area contributed by atoms with E-state index in [9.17, 15) is 19.5 Å². The van der Waals surface area contributed by atoms with Crippen molar-refractivity contribution in [3.05, 3.63) is 69.8 Å². The summed E-state index contributed by atoms with van der Waals surface area (Å²) in [6.07, 6.45) is 10.4. The van der Waals surface area contributed by atoms with Crippen molar-refractivity contribution in [1.29, 1.82) is 0 Å². The van der Waals surface area contributed by atoms with Crippen LogP contribution in [0, 0.1) is 6.92 Å². The van der Waals surface area contributed by atoms with Gasteiger partial charge in [0.1, 0.15) is 5.75 Å². The first-order chi connectivity index (χ1) is 24.8. The van der Waals surface area contributed by atoms with Crippen LogP contribution in [0.5, 0.6) is 17.2 Å². The van der Waals surface area contributed by atoms with Gasteiger partial charge >= 0.3 is 0 Å². The quantitative estimate of drug-likeness (QED) is 0.165. The van der Waals surface area contributed by atoms with Crippen LogP contribution in [0.25, 0.3) is 5.32 Å². The van der Waals surface area contributed by atoms with Gasteiger partial charge in [-0.2, -0.15) is 11.8 Å². The van der Waals surface area contributed by atoms with Crippen molar-refractivity contribution in [3.63, 3.8) is 0 Å². The van der Waals surface area contributed by atoms with Crippen LogP contribution in [0.2, 0.25) is 0 Å². The van der Waals surface area contributed by atoms with Gasteiger partial charge in [-0.1, -0.05) is 17.6 Å². The van der Waals surface area contributed by atoms with E-state index in [1.165, 1.54) is 6.47 Å². The number of aliphatic hydroxyl groups excluding tert-OH is 1. The summed E-state index contributed by atoms with van der Waals surface area (Å²) in [7, 11) is 1.56. The predicted molar refractivity (Wildman–Crippen MR) is 202 cm³/mol. The Hall–Kier alpha value is -3.39. The van der Waals surface area contributed by atoms with E-state index in [2.05, 4.69) is 15.0 Å². The second kappa shape index (κ2) is 18.8. The van der Waals surface area contributed by atoms with Gasteiger partial charge in [0, 0.05) is 73.9 Å². The molecular weight excluding hydrogens is 773 g/mol. The second-order valence-electron chi connectivity index (χ2n) is 14.0. The van der Waals surface area contributed by atoms with Crippen LogP contribution in [0.4, 0.5) is 11.4 Å². The molecular formula is C39H48N4O8SY-2. The molecule has 0 saturated carbocycles. The summed E-state index contributed by atoms with van der Waals surface area (Å²) in [6, 6.07) is 6.62. The molecule has 0 spiro atoms. The molecule has 4 aliphatic heterocycles. The fourth-order valence-electron chi connectivity index (χ4n) is 6.31. The van der Waals surface area contributed by atoms with Gasteiger partial charge in [0.05, 0.1) is 50.3 Å². The van der Waals surface area contributed by atoms with Crippen molar-refractivity contribution in [1.82, 2.24) is 9.80 Å². The number of methoxy groups -OCH3 is 1. The molecule has 12 nitrogen and oxygen atoms in total. The molecule has 2 amide bonds. The zero-order chi connectivity index (χ0) is 37.6. The molecule has 0 aliphatic carbocycles. The van der Waals surface area contributed by atoms with Crippen LogP contribution >= 0.6 is 11.8 Å². The van der Waals surface area contributed by atoms with Crippen molar-refractivity contribution in [3.8, 4) is 17.2 Å². The first-order valence-electron chi connectivity index (χ1n) is 17.4. The standard InChI is InChI=1S/C33H38N4O6.C6H11O2S.Y/c1-19-10-22-16-34-25-14-30(29(41-4)13-24(25)32(39)36(22)17-19)43-9-7-5-6-8-42-28-15-26-23(12-21(28)3)33(40)37-18-20(2)11-27(37)31(38)35-26;1-6(2,9-3)4-8-5-7;/h12-18,22,27,31,38H,5-11H2,1-4H3,(H,35,40);4H2,1-3H3;/q;-1;/p-1/t22-,27-,31?;;/m0../s1. The summed E-state index contributed by atoms with van der Waals surface area (Å²) in [4.78, 5) is 43.8. The summed E-state index contributed by atoms with van der Waals surface area (Å²) in [6.45, 7) is 12.7. The molecule has 4 heterocycles. The Kier molecular flexibility index (Phi) is 15.0. The second-order valence-corrected chi connectivity index (χ2v) is 15.5. The summed E-state index contributed by atoms with van der Waals surface area (Å²) < 4.78 is 22.1. The Bertz CT molecular complexity index is 1760. The topological polar surface area (TPSA) is 141 Å². The van der Waals surface area contributed by atoms with Crippen LogP contribution < -0.4 is 14.2 Å². The van der Waals surface area contributed by atoms with Crippen molar-refractivity contribution in [2.24, 2.45) is 4.99 Å². The number of benzene rings is 2. The zero-order valence-electron chi connectivity index (χ0n) is 31.5. The average Bonchev–Trinajstić information content (AvgIpc) is 3.66. The maximum Gasteiger partial charge on any atom is 0.260 e. The van der Waals surface area contributed by atoms with Crippen LogP contribution in [-0.4, -0.2) is 95.7 Å². The number of carbonyl (C=O) groups excluding carboxylic acids is 3. The third-order valence-electron chi connectivity index (χ3n) is 9.34. The minimum absolute atomic E-state index is 0. The minimum atomic E-state index is -0.987. The monoisotopic (exact) mass is 821 g/mol. The molecule has 2 aromatic carbocycles. The number of aryl methyl sites for hydroxylation is 1. The number of carbonyl (C=O) groups is 2.